The topological polar surface area (TPSA) is 17.1 Å². The van der Waals surface area contributed by atoms with Crippen LogP contribution in [0.3, 0.4) is 0 Å². The first-order valence-electron chi connectivity index (χ1n) is 12.6. The first-order valence-corrected chi connectivity index (χ1v) is 12.6. The fourth-order valence-electron chi connectivity index (χ4n) is 3.87. The molecule has 0 bridgehead atoms. The Labute approximate surface area is 188 Å². The molecule has 0 unspecified atom stereocenters. The van der Waals surface area contributed by atoms with E-state index < -0.39 is 0 Å². The average molecular weight is 415 g/mol. The molecule has 0 saturated heterocycles. The molecule has 30 heavy (non-hydrogen) atoms. The second kappa shape index (κ2) is 14.0. The summed E-state index contributed by atoms with van der Waals surface area (Å²) < 4.78 is 0. The molecule has 0 aromatic heterocycles. The molecule has 1 aromatic rings. The SMILES string of the molecule is CC(C)(C)CCCCCCCCCCCC(=O)Cc1ccc(CCC(C)(C)C)cc1. The van der Waals surface area contributed by atoms with Crippen molar-refractivity contribution in [3.05, 3.63) is 35.4 Å². The van der Waals surface area contributed by atoms with E-state index in [1.54, 1.807) is 0 Å². The van der Waals surface area contributed by atoms with Crippen molar-refractivity contribution in [1.82, 2.24) is 0 Å². The van der Waals surface area contributed by atoms with Gasteiger partial charge in [-0.3, -0.25) is 4.79 Å². The molecule has 1 nitrogen and oxygen atoms in total. The lowest BCUT2D eigenvalue weighted by Crippen LogP contribution is -2.06. The zero-order chi connectivity index (χ0) is 22.5. The first-order chi connectivity index (χ1) is 14.1. The third kappa shape index (κ3) is 15.7. The van der Waals surface area contributed by atoms with Crippen LogP contribution in [0.1, 0.15) is 130 Å². The molecule has 0 radical (unpaired) electrons. The third-order valence-electron chi connectivity index (χ3n) is 5.97. The van der Waals surface area contributed by atoms with Gasteiger partial charge >= 0.3 is 0 Å². The molecule has 0 amide bonds. The minimum absolute atomic E-state index is 0.376. The van der Waals surface area contributed by atoms with E-state index in [-0.39, 0.29) is 0 Å². The van der Waals surface area contributed by atoms with Crippen molar-refractivity contribution in [2.24, 2.45) is 10.8 Å². The van der Waals surface area contributed by atoms with Crippen LogP contribution in [-0.2, 0) is 17.6 Å². The molecule has 0 fully saturated rings. The Morgan fingerprint density at radius 1 is 0.600 bits per heavy atom. The van der Waals surface area contributed by atoms with E-state index in [0.717, 1.165) is 19.3 Å². The predicted molar refractivity (Wildman–Crippen MR) is 133 cm³/mol. The van der Waals surface area contributed by atoms with E-state index >= 15 is 0 Å². The van der Waals surface area contributed by atoms with Crippen LogP contribution >= 0.6 is 0 Å². The molecular weight excluding hydrogens is 364 g/mol. The van der Waals surface area contributed by atoms with Crippen LogP contribution in [0.5, 0.6) is 0 Å². The van der Waals surface area contributed by atoms with Crippen LogP contribution in [0.2, 0.25) is 0 Å². The normalized spacial score (nSPS) is 12.3. The zero-order valence-electron chi connectivity index (χ0n) is 21.1. The minimum atomic E-state index is 0.376. The quantitative estimate of drug-likeness (QED) is 0.261. The summed E-state index contributed by atoms with van der Waals surface area (Å²) >= 11 is 0. The highest BCUT2D eigenvalue weighted by Crippen LogP contribution is 2.23. The fraction of sp³-hybridized carbons (Fsp3) is 0.759. The maximum absolute atomic E-state index is 12.3. The Morgan fingerprint density at radius 3 is 1.53 bits per heavy atom. The molecule has 0 atom stereocenters. The van der Waals surface area contributed by atoms with E-state index in [0.29, 0.717) is 23.0 Å². The highest BCUT2D eigenvalue weighted by Gasteiger charge is 2.10. The van der Waals surface area contributed by atoms with E-state index in [4.69, 9.17) is 0 Å². The average Bonchev–Trinajstić information content (AvgIpc) is 2.64. The third-order valence-corrected chi connectivity index (χ3v) is 5.97. The van der Waals surface area contributed by atoms with E-state index in [1.165, 1.54) is 75.3 Å². The summed E-state index contributed by atoms with van der Waals surface area (Å²) in [6.07, 6.45) is 16.8. The van der Waals surface area contributed by atoms with Gasteiger partial charge in [-0.05, 0) is 47.6 Å². The number of Topliss-reactive ketones (excluding diaryl/α,β-unsaturated/α-hetero) is 1. The summed E-state index contributed by atoms with van der Waals surface area (Å²) in [6.45, 7) is 13.9. The summed E-state index contributed by atoms with van der Waals surface area (Å²) in [5, 5.41) is 0. The molecule has 0 aliphatic carbocycles. The Bertz CT molecular complexity index is 568. The molecule has 0 heterocycles. The van der Waals surface area contributed by atoms with E-state index in [2.05, 4.69) is 65.8 Å². The van der Waals surface area contributed by atoms with Gasteiger partial charge in [0.2, 0.25) is 0 Å². The lowest BCUT2D eigenvalue weighted by molar-refractivity contribution is -0.118. The highest BCUT2D eigenvalue weighted by molar-refractivity contribution is 5.80. The maximum Gasteiger partial charge on any atom is 0.137 e. The second-order valence-corrected chi connectivity index (χ2v) is 11.8. The molecule has 0 aliphatic heterocycles. The minimum Gasteiger partial charge on any atom is -0.299 e. The second-order valence-electron chi connectivity index (χ2n) is 11.8. The van der Waals surface area contributed by atoms with Crippen molar-refractivity contribution in [1.29, 1.82) is 0 Å². The highest BCUT2D eigenvalue weighted by atomic mass is 16.1. The van der Waals surface area contributed by atoms with Gasteiger partial charge in [0.25, 0.3) is 0 Å². The van der Waals surface area contributed by atoms with Crippen LogP contribution < -0.4 is 0 Å². The van der Waals surface area contributed by atoms with Gasteiger partial charge in [0.1, 0.15) is 5.78 Å². The molecule has 172 valence electrons. The molecule has 0 aliphatic rings. The van der Waals surface area contributed by atoms with Crippen LogP contribution in [-0.4, -0.2) is 5.78 Å². The lowest BCUT2D eigenvalue weighted by atomic mass is 9.88. The number of hydrogen-bond acceptors (Lipinski definition) is 1. The Balaban J connectivity index is 2.02. The number of unbranched alkanes of at least 4 members (excludes halogenated alkanes) is 8. The number of carbonyl (C=O) groups excluding carboxylic acids is 1. The van der Waals surface area contributed by atoms with Crippen molar-refractivity contribution >= 4 is 5.78 Å². The largest absolute Gasteiger partial charge is 0.299 e. The number of benzene rings is 1. The maximum atomic E-state index is 12.3. The van der Waals surface area contributed by atoms with Crippen molar-refractivity contribution in [2.45, 2.75) is 131 Å². The van der Waals surface area contributed by atoms with Crippen LogP contribution in [0.25, 0.3) is 0 Å². The lowest BCUT2D eigenvalue weighted by Gasteiger charge is -2.17. The smallest absolute Gasteiger partial charge is 0.137 e. The van der Waals surface area contributed by atoms with Gasteiger partial charge in [-0.25, -0.2) is 0 Å². The van der Waals surface area contributed by atoms with E-state index in [9.17, 15) is 4.79 Å². The monoisotopic (exact) mass is 414 g/mol. The van der Waals surface area contributed by atoms with Crippen LogP contribution in [0, 0.1) is 10.8 Å². The zero-order valence-corrected chi connectivity index (χ0v) is 21.1. The van der Waals surface area contributed by atoms with Gasteiger partial charge in [-0.1, -0.05) is 117 Å². The number of hydrogen-bond donors (Lipinski definition) is 0. The van der Waals surface area contributed by atoms with E-state index in [1.807, 2.05) is 0 Å². The standard InChI is InChI=1S/C29H50O/c1-28(2,3)22-15-13-11-9-7-8-10-12-14-16-27(30)24-26-19-17-25(18-20-26)21-23-29(4,5)6/h17-20H,7-16,21-24H2,1-6H3. The molecule has 0 N–H and O–H groups in total. The van der Waals surface area contributed by atoms with Gasteiger partial charge in [0.15, 0.2) is 0 Å². The van der Waals surface area contributed by atoms with Crippen molar-refractivity contribution in [3.8, 4) is 0 Å². The number of aryl methyl sites for hydroxylation is 1. The predicted octanol–water partition coefficient (Wildman–Crippen LogP) is 9.11. The van der Waals surface area contributed by atoms with Crippen molar-refractivity contribution in [3.63, 3.8) is 0 Å². The number of rotatable bonds is 15. The molecule has 0 saturated carbocycles. The summed E-state index contributed by atoms with van der Waals surface area (Å²) in [6, 6.07) is 8.71. The number of carbonyl (C=O) groups is 1. The molecule has 1 rings (SSSR count). The van der Waals surface area contributed by atoms with Gasteiger partial charge in [0, 0.05) is 12.8 Å². The molecular formula is C29H50O. The number of ketones is 1. The first kappa shape index (κ1) is 26.9. The summed E-state index contributed by atoms with van der Waals surface area (Å²) in [5.74, 6) is 0.399. The summed E-state index contributed by atoms with van der Waals surface area (Å²) in [4.78, 5) is 12.3. The van der Waals surface area contributed by atoms with Crippen molar-refractivity contribution < 1.29 is 4.79 Å². The fourth-order valence-corrected chi connectivity index (χ4v) is 3.87. The summed E-state index contributed by atoms with van der Waals surface area (Å²) in [5.41, 5.74) is 3.43. The molecule has 1 heteroatoms. The Kier molecular flexibility index (Phi) is 12.6. The van der Waals surface area contributed by atoms with Gasteiger partial charge in [0.05, 0.1) is 0 Å². The van der Waals surface area contributed by atoms with Gasteiger partial charge in [-0.15, -0.1) is 0 Å². The van der Waals surface area contributed by atoms with Gasteiger partial charge < -0.3 is 0 Å². The Morgan fingerprint density at radius 2 is 1.03 bits per heavy atom. The van der Waals surface area contributed by atoms with Crippen LogP contribution in [0.4, 0.5) is 0 Å². The molecule has 1 aromatic carbocycles. The molecule has 0 spiro atoms. The van der Waals surface area contributed by atoms with Crippen molar-refractivity contribution in [2.75, 3.05) is 0 Å². The Hall–Kier alpha value is -1.11. The van der Waals surface area contributed by atoms with Crippen LogP contribution in [0.15, 0.2) is 24.3 Å². The summed E-state index contributed by atoms with van der Waals surface area (Å²) in [7, 11) is 0. The van der Waals surface area contributed by atoms with Gasteiger partial charge in [-0.2, -0.15) is 0 Å².